The fourth-order valence-electron chi connectivity index (χ4n) is 2.37. The summed E-state index contributed by atoms with van der Waals surface area (Å²) in [6.45, 7) is 2.58. The molecule has 1 aromatic carbocycles. The molecule has 0 amide bonds. The van der Waals surface area contributed by atoms with E-state index in [4.69, 9.17) is 10.7 Å². The maximum atomic E-state index is 13.9. The van der Waals surface area contributed by atoms with Gasteiger partial charge in [0.1, 0.15) is 5.82 Å². The summed E-state index contributed by atoms with van der Waals surface area (Å²) in [5.74, 6) is -0.696. The third-order valence-corrected chi connectivity index (χ3v) is 4.30. The Labute approximate surface area is 117 Å². The number of rotatable bonds is 4. The third-order valence-electron chi connectivity index (χ3n) is 3.30. The monoisotopic (exact) mass is 305 g/mol. The van der Waals surface area contributed by atoms with Crippen molar-refractivity contribution in [3.8, 4) is 0 Å². The Balaban J connectivity index is 2.06. The molecule has 0 atom stereocenters. The van der Waals surface area contributed by atoms with Gasteiger partial charge in [0, 0.05) is 22.8 Å². The van der Waals surface area contributed by atoms with E-state index in [-0.39, 0.29) is 11.6 Å². The molecule has 1 saturated heterocycles. The van der Waals surface area contributed by atoms with Crippen molar-refractivity contribution in [2.75, 3.05) is 13.1 Å². The molecule has 0 bridgehead atoms. The van der Waals surface area contributed by atoms with Crippen molar-refractivity contribution >= 4 is 19.7 Å². The predicted molar refractivity (Wildman–Crippen MR) is 74.0 cm³/mol. The van der Waals surface area contributed by atoms with Crippen molar-refractivity contribution < 1.29 is 12.8 Å². The number of halogens is 2. The molecule has 1 aliphatic heterocycles. The summed E-state index contributed by atoms with van der Waals surface area (Å²) < 4.78 is 35.8. The van der Waals surface area contributed by atoms with Crippen molar-refractivity contribution in [3.63, 3.8) is 0 Å². The van der Waals surface area contributed by atoms with E-state index < -0.39 is 9.05 Å². The predicted octanol–water partition coefficient (Wildman–Crippen LogP) is 2.88. The highest BCUT2D eigenvalue weighted by atomic mass is 35.7. The van der Waals surface area contributed by atoms with Crippen molar-refractivity contribution in [3.05, 3.63) is 35.1 Å². The van der Waals surface area contributed by atoms with Gasteiger partial charge in [0.25, 0.3) is 0 Å². The van der Waals surface area contributed by atoms with Gasteiger partial charge in [0.2, 0.25) is 9.05 Å². The quantitative estimate of drug-likeness (QED) is 0.803. The average Bonchev–Trinajstić information content (AvgIpc) is 2.32. The topological polar surface area (TPSA) is 37.4 Å². The van der Waals surface area contributed by atoms with Gasteiger partial charge in [-0.1, -0.05) is 18.6 Å². The van der Waals surface area contributed by atoms with E-state index in [0.29, 0.717) is 17.7 Å². The molecule has 0 radical (unpaired) electrons. The first kappa shape index (κ1) is 14.8. The standard InChI is InChI=1S/C13H17ClFNO2S/c14-19(17,18)10-11-4-5-12(13(15)8-11)9-16-6-2-1-3-7-16/h4-5,8H,1-3,6-7,9-10H2. The van der Waals surface area contributed by atoms with E-state index in [2.05, 4.69) is 4.90 Å². The zero-order chi connectivity index (χ0) is 13.9. The van der Waals surface area contributed by atoms with Gasteiger partial charge in [-0.15, -0.1) is 0 Å². The first-order valence-electron chi connectivity index (χ1n) is 6.36. The maximum Gasteiger partial charge on any atom is 0.236 e. The molecular weight excluding hydrogens is 289 g/mol. The molecule has 0 spiro atoms. The second-order valence-corrected chi connectivity index (χ2v) is 7.72. The molecule has 6 heteroatoms. The van der Waals surface area contributed by atoms with Crippen molar-refractivity contribution in [2.45, 2.75) is 31.6 Å². The second kappa shape index (κ2) is 6.20. The van der Waals surface area contributed by atoms with Gasteiger partial charge >= 0.3 is 0 Å². The van der Waals surface area contributed by atoms with Crippen LogP contribution in [0.5, 0.6) is 0 Å². The van der Waals surface area contributed by atoms with E-state index in [1.54, 1.807) is 12.1 Å². The van der Waals surface area contributed by atoms with Gasteiger partial charge in [0.05, 0.1) is 5.75 Å². The maximum absolute atomic E-state index is 13.9. The number of nitrogens with zero attached hydrogens (tertiary/aromatic N) is 1. The molecule has 0 N–H and O–H groups in total. The van der Waals surface area contributed by atoms with E-state index in [0.717, 1.165) is 25.9 Å². The molecule has 3 nitrogen and oxygen atoms in total. The van der Waals surface area contributed by atoms with Crippen LogP contribution in [0.3, 0.4) is 0 Å². The first-order valence-corrected chi connectivity index (χ1v) is 8.84. The van der Waals surface area contributed by atoms with Crippen LogP contribution in [-0.2, 0) is 21.3 Å². The second-order valence-electron chi connectivity index (χ2n) is 4.95. The highest BCUT2D eigenvalue weighted by Gasteiger charge is 2.14. The zero-order valence-corrected chi connectivity index (χ0v) is 12.2. The Kier molecular flexibility index (Phi) is 4.81. The number of piperidine rings is 1. The lowest BCUT2D eigenvalue weighted by molar-refractivity contribution is 0.218. The Hall–Kier alpha value is -0.650. The highest BCUT2D eigenvalue weighted by molar-refractivity contribution is 8.13. The summed E-state index contributed by atoms with van der Waals surface area (Å²) >= 11 is 0. The van der Waals surface area contributed by atoms with Crippen LogP contribution >= 0.6 is 10.7 Å². The van der Waals surface area contributed by atoms with Crippen LogP contribution in [0, 0.1) is 5.82 Å². The molecule has 19 heavy (non-hydrogen) atoms. The highest BCUT2D eigenvalue weighted by Crippen LogP contribution is 2.18. The molecule has 0 unspecified atom stereocenters. The molecule has 0 saturated carbocycles. The van der Waals surface area contributed by atoms with Crippen molar-refractivity contribution in [1.29, 1.82) is 0 Å². The summed E-state index contributed by atoms with van der Waals surface area (Å²) in [4.78, 5) is 2.22. The molecule has 106 valence electrons. The zero-order valence-electron chi connectivity index (χ0n) is 10.6. The molecule has 1 aliphatic rings. The SMILES string of the molecule is O=S(=O)(Cl)Cc1ccc(CN2CCCCC2)c(F)c1. The Morgan fingerprint density at radius 3 is 2.47 bits per heavy atom. The van der Waals surface area contributed by atoms with Crippen LogP contribution < -0.4 is 0 Å². The average molecular weight is 306 g/mol. The summed E-state index contributed by atoms with van der Waals surface area (Å²) in [5, 5.41) is 0. The molecule has 2 rings (SSSR count). The van der Waals surface area contributed by atoms with Crippen LogP contribution in [0.1, 0.15) is 30.4 Å². The van der Waals surface area contributed by atoms with Gasteiger partial charge in [-0.05, 0) is 37.6 Å². The number of benzene rings is 1. The molecule has 1 aromatic rings. The van der Waals surface area contributed by atoms with Crippen LogP contribution in [0.25, 0.3) is 0 Å². The summed E-state index contributed by atoms with van der Waals surface area (Å²) in [6.07, 6.45) is 3.56. The van der Waals surface area contributed by atoms with E-state index in [1.165, 1.54) is 12.5 Å². The lowest BCUT2D eigenvalue weighted by Gasteiger charge is -2.26. The lowest BCUT2D eigenvalue weighted by atomic mass is 10.1. The van der Waals surface area contributed by atoms with E-state index in [9.17, 15) is 12.8 Å². The number of hydrogen-bond acceptors (Lipinski definition) is 3. The minimum atomic E-state index is -3.64. The van der Waals surface area contributed by atoms with E-state index >= 15 is 0 Å². The van der Waals surface area contributed by atoms with Gasteiger partial charge in [-0.25, -0.2) is 12.8 Å². The first-order chi connectivity index (χ1) is 8.94. The number of likely N-dealkylation sites (tertiary alicyclic amines) is 1. The van der Waals surface area contributed by atoms with Crippen molar-refractivity contribution in [1.82, 2.24) is 4.90 Å². The van der Waals surface area contributed by atoms with Crippen LogP contribution in [0.2, 0.25) is 0 Å². The lowest BCUT2D eigenvalue weighted by Crippen LogP contribution is -2.29. The van der Waals surface area contributed by atoms with E-state index in [1.807, 2.05) is 0 Å². The minimum Gasteiger partial charge on any atom is -0.299 e. The molecule has 0 aromatic heterocycles. The Morgan fingerprint density at radius 2 is 1.89 bits per heavy atom. The minimum absolute atomic E-state index is 0.338. The Bertz CT molecular complexity index is 542. The van der Waals surface area contributed by atoms with Gasteiger partial charge in [-0.2, -0.15) is 0 Å². The Morgan fingerprint density at radius 1 is 1.21 bits per heavy atom. The van der Waals surface area contributed by atoms with Crippen molar-refractivity contribution in [2.24, 2.45) is 0 Å². The number of hydrogen-bond donors (Lipinski definition) is 0. The van der Waals surface area contributed by atoms with Crippen LogP contribution in [-0.4, -0.2) is 26.4 Å². The van der Waals surface area contributed by atoms with Crippen LogP contribution in [0.4, 0.5) is 4.39 Å². The summed E-state index contributed by atoms with van der Waals surface area (Å²) in [7, 11) is 1.52. The fraction of sp³-hybridized carbons (Fsp3) is 0.538. The smallest absolute Gasteiger partial charge is 0.236 e. The summed E-state index contributed by atoms with van der Waals surface area (Å²) in [5.41, 5.74) is 0.993. The fourth-order valence-corrected chi connectivity index (χ4v) is 3.32. The summed E-state index contributed by atoms with van der Waals surface area (Å²) in [6, 6.07) is 4.54. The van der Waals surface area contributed by atoms with Crippen LogP contribution in [0.15, 0.2) is 18.2 Å². The van der Waals surface area contributed by atoms with Gasteiger partial charge < -0.3 is 0 Å². The third kappa shape index (κ3) is 4.75. The normalized spacial score (nSPS) is 17.6. The molecule has 0 aliphatic carbocycles. The van der Waals surface area contributed by atoms with Gasteiger partial charge in [-0.3, -0.25) is 4.90 Å². The van der Waals surface area contributed by atoms with Gasteiger partial charge in [0.15, 0.2) is 0 Å². The molecular formula is C13H17ClFNO2S. The molecule has 1 fully saturated rings. The largest absolute Gasteiger partial charge is 0.299 e. The molecule has 1 heterocycles.